The second-order valence-electron chi connectivity index (χ2n) is 8.89. The number of aromatic hydroxyl groups is 2. The van der Waals surface area contributed by atoms with Crippen LogP contribution in [0.15, 0.2) is 42.0 Å². The average molecular weight is 470 g/mol. The average Bonchev–Trinajstić information content (AvgIpc) is 2.73. The van der Waals surface area contributed by atoms with Gasteiger partial charge in [0.15, 0.2) is 12.4 Å². The molecule has 34 heavy (non-hydrogen) atoms. The molecular formula is C25H26O9. The molecule has 1 fully saturated rings. The van der Waals surface area contributed by atoms with Crippen LogP contribution in [0, 0.1) is 6.92 Å². The number of rotatable bonds is 3. The summed E-state index contributed by atoms with van der Waals surface area (Å²) in [5, 5.41) is 53.3. The highest BCUT2D eigenvalue weighted by Crippen LogP contribution is 2.47. The van der Waals surface area contributed by atoms with Gasteiger partial charge in [-0.3, -0.25) is 4.79 Å². The van der Waals surface area contributed by atoms with E-state index >= 15 is 0 Å². The first-order valence-corrected chi connectivity index (χ1v) is 10.8. The number of aliphatic hydroxyl groups is 3. The largest absolute Gasteiger partial charge is 0.507 e. The predicted octanol–water partition coefficient (Wildman–Crippen LogP) is 1.40. The summed E-state index contributed by atoms with van der Waals surface area (Å²) in [5.41, 5.74) is 1.73. The first-order chi connectivity index (χ1) is 16.0. The third-order valence-electron chi connectivity index (χ3n) is 6.08. The van der Waals surface area contributed by atoms with E-state index in [1.54, 1.807) is 32.9 Å². The van der Waals surface area contributed by atoms with Gasteiger partial charge in [-0.25, -0.2) is 4.79 Å². The zero-order chi connectivity index (χ0) is 24.9. The van der Waals surface area contributed by atoms with Crippen LogP contribution in [0.2, 0.25) is 0 Å². The summed E-state index contributed by atoms with van der Waals surface area (Å²) >= 11 is 0. The number of carbonyl (C=O) groups is 2. The number of hydrogen-bond acceptors (Lipinski definition) is 9. The minimum Gasteiger partial charge on any atom is -0.507 e. The molecule has 9 heteroatoms. The second-order valence-corrected chi connectivity index (χ2v) is 8.89. The number of allylic oxidation sites excluding steroid dienone is 1. The normalized spacial score (nSPS) is 28.0. The molecule has 0 bridgehead atoms. The molecule has 0 radical (unpaired) electrons. The Morgan fingerprint density at radius 1 is 1.00 bits per heavy atom. The van der Waals surface area contributed by atoms with E-state index in [1.807, 2.05) is 0 Å². The lowest BCUT2D eigenvalue weighted by Gasteiger charge is -2.44. The lowest BCUT2D eigenvalue weighted by Crippen LogP contribution is -2.60. The van der Waals surface area contributed by atoms with Gasteiger partial charge in [0.1, 0.15) is 29.8 Å². The molecule has 1 aliphatic heterocycles. The highest BCUT2D eigenvalue weighted by atomic mass is 16.7. The fourth-order valence-electron chi connectivity index (χ4n) is 4.68. The second kappa shape index (κ2) is 8.84. The Labute approximate surface area is 195 Å². The number of phenolic OH excluding ortho intramolecular Hbond substituents is 2. The van der Waals surface area contributed by atoms with Crippen molar-refractivity contribution in [1.82, 2.24) is 0 Å². The molecule has 2 aromatic rings. The van der Waals surface area contributed by atoms with Gasteiger partial charge in [-0.1, -0.05) is 23.8 Å². The first kappa shape index (κ1) is 23.9. The molecule has 2 aromatic carbocycles. The lowest BCUT2D eigenvalue weighted by molar-refractivity contribution is -0.287. The van der Waals surface area contributed by atoms with E-state index in [9.17, 15) is 35.1 Å². The van der Waals surface area contributed by atoms with Gasteiger partial charge in [0, 0.05) is 12.0 Å². The molecule has 1 heterocycles. The van der Waals surface area contributed by atoms with Crippen molar-refractivity contribution in [3.63, 3.8) is 0 Å². The third kappa shape index (κ3) is 3.97. The Balaban J connectivity index is 1.79. The molecule has 0 amide bonds. The Morgan fingerprint density at radius 2 is 1.68 bits per heavy atom. The Morgan fingerprint density at radius 3 is 2.35 bits per heavy atom. The number of phenols is 2. The maximum Gasteiger partial charge on any atom is 0.331 e. The number of hydrogen-bond donors (Lipinski definition) is 5. The number of ketones is 1. The van der Waals surface area contributed by atoms with Gasteiger partial charge in [-0.05, 0) is 49.6 Å². The monoisotopic (exact) mass is 470 g/mol. The van der Waals surface area contributed by atoms with Crippen LogP contribution in [0.25, 0.3) is 0 Å². The van der Waals surface area contributed by atoms with Crippen LogP contribution in [-0.2, 0) is 14.3 Å². The van der Waals surface area contributed by atoms with E-state index in [4.69, 9.17) is 9.47 Å². The van der Waals surface area contributed by atoms with E-state index in [2.05, 4.69) is 0 Å². The van der Waals surface area contributed by atoms with Gasteiger partial charge in [-0.15, -0.1) is 0 Å². The van der Waals surface area contributed by atoms with Gasteiger partial charge in [0.25, 0.3) is 0 Å². The summed E-state index contributed by atoms with van der Waals surface area (Å²) in [6.07, 6.45) is -6.87. The van der Waals surface area contributed by atoms with Gasteiger partial charge in [-0.2, -0.15) is 0 Å². The quantitative estimate of drug-likeness (QED) is 0.331. The Hall–Kier alpha value is -3.24. The van der Waals surface area contributed by atoms with Crippen LogP contribution in [0.4, 0.5) is 0 Å². The Kier molecular flexibility index (Phi) is 6.22. The van der Waals surface area contributed by atoms with Crippen molar-refractivity contribution in [1.29, 1.82) is 0 Å². The fraction of sp³-hybridized carbons (Fsp3) is 0.360. The van der Waals surface area contributed by atoms with E-state index in [1.165, 1.54) is 24.3 Å². The zero-order valence-corrected chi connectivity index (χ0v) is 18.8. The molecule has 5 N–H and O–H groups in total. The SMILES string of the molecule is CC(C)=CC(=O)O[C@@H]1[C@H](O)[C@H](O)[C@H]([C@H]2c3cccc(O)c3C(=O)c3c(O)cc(C)cc32)O[C@H]1O. The summed E-state index contributed by atoms with van der Waals surface area (Å²) < 4.78 is 10.8. The van der Waals surface area contributed by atoms with Crippen molar-refractivity contribution >= 4 is 11.8 Å². The molecule has 9 nitrogen and oxygen atoms in total. The molecule has 1 aliphatic carbocycles. The molecule has 0 saturated carbocycles. The fourth-order valence-corrected chi connectivity index (χ4v) is 4.68. The number of aryl methyl sites for hydroxylation is 1. The number of ether oxygens (including phenoxy) is 2. The van der Waals surface area contributed by atoms with Crippen LogP contribution >= 0.6 is 0 Å². The molecule has 180 valence electrons. The summed E-state index contributed by atoms with van der Waals surface area (Å²) in [7, 11) is 0. The van der Waals surface area contributed by atoms with Crippen molar-refractivity contribution in [2.45, 2.75) is 57.4 Å². The van der Waals surface area contributed by atoms with Crippen molar-refractivity contribution in [2.24, 2.45) is 0 Å². The molecule has 6 atom stereocenters. The van der Waals surface area contributed by atoms with Gasteiger partial charge in [0.05, 0.1) is 11.1 Å². The molecule has 1 saturated heterocycles. The molecule has 0 unspecified atom stereocenters. The maximum absolute atomic E-state index is 13.2. The van der Waals surface area contributed by atoms with Gasteiger partial charge in [0.2, 0.25) is 5.78 Å². The predicted molar refractivity (Wildman–Crippen MR) is 118 cm³/mol. The van der Waals surface area contributed by atoms with Crippen LogP contribution in [0.1, 0.15) is 52.4 Å². The van der Waals surface area contributed by atoms with Gasteiger partial charge < -0.3 is 35.0 Å². The van der Waals surface area contributed by atoms with E-state index in [-0.39, 0.29) is 22.6 Å². The van der Waals surface area contributed by atoms with Crippen molar-refractivity contribution in [2.75, 3.05) is 0 Å². The van der Waals surface area contributed by atoms with Crippen LogP contribution < -0.4 is 0 Å². The molecule has 0 aromatic heterocycles. The van der Waals surface area contributed by atoms with E-state index < -0.39 is 48.4 Å². The summed E-state index contributed by atoms with van der Waals surface area (Å²) in [6.45, 7) is 5.05. The number of esters is 1. The smallest absolute Gasteiger partial charge is 0.331 e. The van der Waals surface area contributed by atoms with Crippen molar-refractivity contribution in [3.8, 4) is 11.5 Å². The summed E-state index contributed by atoms with van der Waals surface area (Å²) in [4.78, 5) is 25.2. The van der Waals surface area contributed by atoms with E-state index in [0.29, 0.717) is 22.3 Å². The minimum atomic E-state index is -1.79. The lowest BCUT2D eigenvalue weighted by atomic mass is 9.71. The molecule has 0 spiro atoms. The first-order valence-electron chi connectivity index (χ1n) is 10.8. The topological polar surface area (TPSA) is 154 Å². The summed E-state index contributed by atoms with van der Waals surface area (Å²) in [6, 6.07) is 7.45. The van der Waals surface area contributed by atoms with Crippen LogP contribution in [0.3, 0.4) is 0 Å². The van der Waals surface area contributed by atoms with Gasteiger partial charge >= 0.3 is 5.97 Å². The molecule has 2 aliphatic rings. The highest BCUT2D eigenvalue weighted by molar-refractivity contribution is 6.16. The Bertz CT molecular complexity index is 1180. The van der Waals surface area contributed by atoms with Crippen molar-refractivity contribution < 1.29 is 44.6 Å². The van der Waals surface area contributed by atoms with Crippen LogP contribution in [-0.4, -0.2) is 68.0 Å². The minimum absolute atomic E-state index is 0.0681. The van der Waals surface area contributed by atoms with Crippen LogP contribution in [0.5, 0.6) is 11.5 Å². The maximum atomic E-state index is 13.2. The number of fused-ring (bicyclic) bond motifs is 2. The number of aliphatic hydroxyl groups excluding tert-OH is 3. The zero-order valence-electron chi connectivity index (χ0n) is 18.8. The summed E-state index contributed by atoms with van der Waals surface area (Å²) in [5.74, 6) is -3.00. The molecule has 4 rings (SSSR count). The van der Waals surface area contributed by atoms with Crippen molar-refractivity contribution in [3.05, 3.63) is 69.8 Å². The number of carbonyl (C=O) groups excluding carboxylic acids is 2. The standard InChI is InChI=1S/C25H26O9/c1-10(2)7-16(28)33-24-22(31)21(30)23(34-25(24)32)17-12-5-4-6-14(26)18(12)20(29)19-13(17)8-11(3)9-15(19)27/h4-9,17,21-27,30-32H,1-3H3/t17-,21-,22+,23-,24+,25+/m0/s1. The number of benzene rings is 2. The van der Waals surface area contributed by atoms with E-state index in [0.717, 1.165) is 0 Å². The highest BCUT2D eigenvalue weighted by Gasteiger charge is 2.51. The third-order valence-corrected chi connectivity index (χ3v) is 6.08. The molecular weight excluding hydrogens is 444 g/mol.